The molecule has 1 unspecified atom stereocenters. The van der Waals surface area contributed by atoms with Crippen molar-refractivity contribution >= 4 is 34.2 Å². The number of rotatable bonds is 5. The molecule has 2 aromatic rings. The fourth-order valence-corrected chi connectivity index (χ4v) is 3.08. The molecule has 0 spiro atoms. The van der Waals surface area contributed by atoms with Crippen LogP contribution >= 0.6 is 34.2 Å². The fourth-order valence-electron chi connectivity index (χ4n) is 2.25. The number of nitrogens with zero attached hydrogens (tertiary/aromatic N) is 2. The summed E-state index contributed by atoms with van der Waals surface area (Å²) in [7, 11) is 3.59. The van der Waals surface area contributed by atoms with E-state index in [9.17, 15) is 0 Å². The van der Waals surface area contributed by atoms with Gasteiger partial charge in [0.05, 0.1) is 19.3 Å². The van der Waals surface area contributed by atoms with E-state index in [0.717, 1.165) is 32.1 Å². The molecule has 0 amide bonds. The zero-order valence-electron chi connectivity index (χ0n) is 11.7. The number of hydrogen-bond donors (Lipinski definition) is 1. The van der Waals surface area contributed by atoms with Gasteiger partial charge in [0, 0.05) is 15.1 Å². The SMILES string of the molecule is CCn1ncc(OC)c1C(NC)c1cc(Cl)ccc1I. The molecule has 0 radical (unpaired) electrons. The lowest BCUT2D eigenvalue weighted by molar-refractivity contribution is 0.401. The Balaban J connectivity index is 2.57. The monoisotopic (exact) mass is 405 g/mol. The second-order valence-electron chi connectivity index (χ2n) is 4.30. The molecule has 0 aliphatic rings. The van der Waals surface area contributed by atoms with Crippen molar-refractivity contribution in [3.05, 3.63) is 44.2 Å². The van der Waals surface area contributed by atoms with Crippen molar-refractivity contribution < 1.29 is 4.74 Å². The van der Waals surface area contributed by atoms with Crippen molar-refractivity contribution in [3.8, 4) is 5.75 Å². The highest BCUT2D eigenvalue weighted by Crippen LogP contribution is 2.33. The third kappa shape index (κ3) is 2.94. The van der Waals surface area contributed by atoms with E-state index >= 15 is 0 Å². The lowest BCUT2D eigenvalue weighted by Gasteiger charge is -2.21. The molecule has 1 aromatic carbocycles. The predicted octanol–water partition coefficient (Wildman–Crippen LogP) is 3.48. The van der Waals surface area contributed by atoms with E-state index in [1.54, 1.807) is 13.3 Å². The molecular weight excluding hydrogens is 389 g/mol. The minimum atomic E-state index is -0.0157. The smallest absolute Gasteiger partial charge is 0.161 e. The second-order valence-corrected chi connectivity index (χ2v) is 5.90. The predicted molar refractivity (Wildman–Crippen MR) is 89.5 cm³/mol. The quantitative estimate of drug-likeness (QED) is 0.774. The van der Waals surface area contributed by atoms with Crippen molar-refractivity contribution in [2.24, 2.45) is 0 Å². The first-order chi connectivity index (χ1) is 9.62. The number of nitrogens with one attached hydrogen (secondary N) is 1. The molecule has 20 heavy (non-hydrogen) atoms. The number of benzene rings is 1. The van der Waals surface area contributed by atoms with E-state index in [0.29, 0.717) is 0 Å². The van der Waals surface area contributed by atoms with Gasteiger partial charge in [0.15, 0.2) is 5.75 Å². The van der Waals surface area contributed by atoms with Crippen molar-refractivity contribution in [2.75, 3.05) is 14.2 Å². The molecule has 2 rings (SSSR count). The summed E-state index contributed by atoms with van der Waals surface area (Å²) in [6.45, 7) is 2.85. The van der Waals surface area contributed by atoms with Crippen molar-refractivity contribution in [3.63, 3.8) is 0 Å². The van der Waals surface area contributed by atoms with Crippen LogP contribution in [0.1, 0.15) is 24.2 Å². The summed E-state index contributed by atoms with van der Waals surface area (Å²) < 4.78 is 8.54. The minimum Gasteiger partial charge on any atom is -0.493 e. The Labute approximate surface area is 137 Å². The van der Waals surface area contributed by atoms with E-state index in [-0.39, 0.29) is 6.04 Å². The van der Waals surface area contributed by atoms with Crippen LogP contribution in [0.25, 0.3) is 0 Å². The first-order valence-electron chi connectivity index (χ1n) is 6.34. The molecule has 0 bridgehead atoms. The normalized spacial score (nSPS) is 12.4. The number of methoxy groups -OCH3 is 1. The molecule has 4 nitrogen and oxygen atoms in total. The Bertz CT molecular complexity index is 579. The van der Waals surface area contributed by atoms with Crippen molar-refractivity contribution in [1.29, 1.82) is 0 Å². The third-order valence-electron chi connectivity index (χ3n) is 3.20. The summed E-state index contributed by atoms with van der Waals surface area (Å²) in [5.41, 5.74) is 2.13. The van der Waals surface area contributed by atoms with Crippen LogP contribution in [0.4, 0.5) is 0 Å². The molecule has 0 aliphatic carbocycles. The lowest BCUT2D eigenvalue weighted by atomic mass is 10.0. The van der Waals surface area contributed by atoms with E-state index in [1.807, 2.05) is 29.9 Å². The first kappa shape index (κ1) is 15.6. The second kappa shape index (κ2) is 6.78. The van der Waals surface area contributed by atoms with Crippen LogP contribution in [0.2, 0.25) is 5.02 Å². The van der Waals surface area contributed by atoms with Gasteiger partial charge in [-0.25, -0.2) is 0 Å². The highest BCUT2D eigenvalue weighted by Gasteiger charge is 2.23. The van der Waals surface area contributed by atoms with Crippen molar-refractivity contribution in [2.45, 2.75) is 19.5 Å². The maximum absolute atomic E-state index is 6.14. The summed E-state index contributed by atoms with van der Waals surface area (Å²) in [5, 5.41) is 8.43. The van der Waals surface area contributed by atoms with Gasteiger partial charge >= 0.3 is 0 Å². The number of ether oxygens (including phenoxy) is 1. The Morgan fingerprint density at radius 1 is 1.50 bits per heavy atom. The highest BCUT2D eigenvalue weighted by atomic mass is 127. The van der Waals surface area contributed by atoms with Crippen LogP contribution in [0.5, 0.6) is 5.75 Å². The maximum Gasteiger partial charge on any atom is 0.161 e. The van der Waals surface area contributed by atoms with Gasteiger partial charge in [-0.15, -0.1) is 0 Å². The molecule has 6 heteroatoms. The Kier molecular flexibility index (Phi) is 5.29. The summed E-state index contributed by atoms with van der Waals surface area (Å²) in [6.07, 6.45) is 1.75. The van der Waals surface area contributed by atoms with E-state index in [1.165, 1.54) is 0 Å². The Morgan fingerprint density at radius 3 is 2.85 bits per heavy atom. The zero-order chi connectivity index (χ0) is 14.7. The molecule has 108 valence electrons. The van der Waals surface area contributed by atoms with Gasteiger partial charge in [0.2, 0.25) is 0 Å². The van der Waals surface area contributed by atoms with Crippen LogP contribution in [0, 0.1) is 3.57 Å². The molecule has 1 atom stereocenters. The lowest BCUT2D eigenvalue weighted by Crippen LogP contribution is -2.23. The van der Waals surface area contributed by atoms with Gasteiger partial charge < -0.3 is 10.1 Å². The average Bonchev–Trinajstić information content (AvgIpc) is 2.86. The molecular formula is C14H17ClIN3O. The van der Waals surface area contributed by atoms with E-state index in [4.69, 9.17) is 16.3 Å². The summed E-state index contributed by atoms with van der Waals surface area (Å²) in [4.78, 5) is 0. The van der Waals surface area contributed by atoms with Gasteiger partial charge in [0.1, 0.15) is 5.69 Å². The molecule has 0 aliphatic heterocycles. The third-order valence-corrected chi connectivity index (χ3v) is 4.41. The van der Waals surface area contributed by atoms with Gasteiger partial charge in [-0.1, -0.05) is 11.6 Å². The number of hydrogen-bond acceptors (Lipinski definition) is 3. The van der Waals surface area contributed by atoms with Crippen LogP contribution in [0.3, 0.4) is 0 Å². The number of aromatic nitrogens is 2. The average molecular weight is 406 g/mol. The molecule has 0 saturated heterocycles. The van der Waals surface area contributed by atoms with Crippen molar-refractivity contribution in [1.82, 2.24) is 15.1 Å². The van der Waals surface area contributed by atoms with Crippen LogP contribution < -0.4 is 10.1 Å². The minimum absolute atomic E-state index is 0.0157. The standard InChI is InChI=1S/C14H17ClIN3O/c1-4-19-14(12(20-3)8-18-19)13(17-2)10-7-9(15)5-6-11(10)16/h5-8,13,17H,4H2,1-3H3. The first-order valence-corrected chi connectivity index (χ1v) is 7.79. The van der Waals surface area contributed by atoms with Crippen LogP contribution in [0.15, 0.2) is 24.4 Å². The summed E-state index contributed by atoms with van der Waals surface area (Å²) >= 11 is 8.46. The van der Waals surface area contributed by atoms with Gasteiger partial charge in [-0.05, 0) is 60.3 Å². The van der Waals surface area contributed by atoms with Crippen LogP contribution in [-0.4, -0.2) is 23.9 Å². The van der Waals surface area contributed by atoms with E-state index < -0.39 is 0 Å². The largest absolute Gasteiger partial charge is 0.493 e. The summed E-state index contributed by atoms with van der Waals surface area (Å²) in [6, 6.07) is 5.88. The summed E-state index contributed by atoms with van der Waals surface area (Å²) in [5.74, 6) is 0.780. The van der Waals surface area contributed by atoms with E-state index in [2.05, 4.69) is 39.9 Å². The molecule has 1 heterocycles. The topological polar surface area (TPSA) is 39.1 Å². The van der Waals surface area contributed by atoms with Gasteiger partial charge in [-0.3, -0.25) is 4.68 Å². The maximum atomic E-state index is 6.14. The van der Waals surface area contributed by atoms with Crippen LogP contribution in [-0.2, 0) is 6.54 Å². The Hall–Kier alpha value is -0.790. The molecule has 0 saturated carbocycles. The van der Waals surface area contributed by atoms with Gasteiger partial charge in [-0.2, -0.15) is 5.10 Å². The molecule has 1 N–H and O–H groups in total. The molecule has 1 aromatic heterocycles. The number of aryl methyl sites for hydroxylation is 1. The Morgan fingerprint density at radius 2 is 2.25 bits per heavy atom. The molecule has 0 fully saturated rings. The number of halogens is 2. The fraction of sp³-hybridized carbons (Fsp3) is 0.357. The zero-order valence-corrected chi connectivity index (χ0v) is 14.6. The van der Waals surface area contributed by atoms with Gasteiger partial charge in [0.25, 0.3) is 0 Å². The highest BCUT2D eigenvalue weighted by molar-refractivity contribution is 14.1.